The highest BCUT2D eigenvalue weighted by Gasteiger charge is 2.11. The molecule has 126 valence electrons. The number of urea groups is 1. The van der Waals surface area contributed by atoms with Crippen molar-refractivity contribution in [3.63, 3.8) is 0 Å². The lowest BCUT2D eigenvalue weighted by molar-refractivity contribution is -0.118. The summed E-state index contributed by atoms with van der Waals surface area (Å²) >= 11 is 0. The molecule has 2 N–H and O–H groups in total. The van der Waals surface area contributed by atoms with Gasteiger partial charge in [0.05, 0.1) is 6.54 Å². The first-order valence-corrected chi connectivity index (χ1v) is 7.85. The van der Waals surface area contributed by atoms with Gasteiger partial charge in [0.2, 0.25) is 5.91 Å². The molecule has 0 spiro atoms. The van der Waals surface area contributed by atoms with Gasteiger partial charge in [-0.05, 0) is 42.7 Å². The number of aryl methyl sites for hydroxylation is 2. The minimum absolute atomic E-state index is 0.113. The fourth-order valence-corrected chi connectivity index (χ4v) is 2.47. The zero-order valence-corrected chi connectivity index (χ0v) is 14.3. The standard InChI is InChI=1S/C19H23N3O2/c1-14-9-15(2)11-17(10-14)22(3)13-18(23)21-19(24)20-12-16-7-5-4-6-8-16/h4-11H,12-13H2,1-3H3,(H2,20,21,23,24). The third-order valence-electron chi connectivity index (χ3n) is 3.58. The second-order valence-electron chi connectivity index (χ2n) is 5.92. The van der Waals surface area contributed by atoms with Gasteiger partial charge in [-0.15, -0.1) is 0 Å². The molecule has 2 rings (SSSR count). The Labute approximate surface area is 142 Å². The van der Waals surface area contributed by atoms with Gasteiger partial charge in [0.15, 0.2) is 0 Å². The zero-order chi connectivity index (χ0) is 17.5. The molecule has 0 saturated heterocycles. The normalized spacial score (nSPS) is 10.1. The Balaban J connectivity index is 1.82. The quantitative estimate of drug-likeness (QED) is 0.888. The summed E-state index contributed by atoms with van der Waals surface area (Å²) in [7, 11) is 1.83. The van der Waals surface area contributed by atoms with E-state index in [1.165, 1.54) is 0 Å². The van der Waals surface area contributed by atoms with E-state index in [1.807, 2.05) is 68.3 Å². The molecule has 2 aromatic carbocycles. The topological polar surface area (TPSA) is 61.4 Å². The van der Waals surface area contributed by atoms with Crippen molar-refractivity contribution in [3.05, 3.63) is 65.2 Å². The van der Waals surface area contributed by atoms with Crippen LogP contribution in [0, 0.1) is 13.8 Å². The van der Waals surface area contributed by atoms with Gasteiger partial charge in [-0.1, -0.05) is 36.4 Å². The van der Waals surface area contributed by atoms with Crippen LogP contribution in [0.3, 0.4) is 0 Å². The number of carbonyl (C=O) groups excluding carboxylic acids is 2. The number of likely N-dealkylation sites (N-methyl/N-ethyl adjacent to an activating group) is 1. The van der Waals surface area contributed by atoms with Crippen molar-refractivity contribution < 1.29 is 9.59 Å². The van der Waals surface area contributed by atoms with E-state index in [4.69, 9.17) is 0 Å². The Morgan fingerprint density at radius 2 is 1.62 bits per heavy atom. The van der Waals surface area contributed by atoms with Crippen molar-refractivity contribution in [2.24, 2.45) is 0 Å². The van der Waals surface area contributed by atoms with Crippen molar-refractivity contribution in [1.82, 2.24) is 10.6 Å². The minimum Gasteiger partial charge on any atom is -0.365 e. The molecule has 0 fully saturated rings. The Hall–Kier alpha value is -2.82. The van der Waals surface area contributed by atoms with Crippen molar-refractivity contribution in [2.45, 2.75) is 20.4 Å². The smallest absolute Gasteiger partial charge is 0.321 e. The number of benzene rings is 2. The highest BCUT2D eigenvalue weighted by Crippen LogP contribution is 2.17. The van der Waals surface area contributed by atoms with Gasteiger partial charge in [0.1, 0.15) is 0 Å². The maximum Gasteiger partial charge on any atom is 0.321 e. The highest BCUT2D eigenvalue weighted by molar-refractivity contribution is 5.96. The molecule has 0 aliphatic heterocycles. The predicted octanol–water partition coefficient (Wildman–Crippen LogP) is 2.77. The van der Waals surface area contributed by atoms with Crippen LogP contribution in [0.4, 0.5) is 10.5 Å². The van der Waals surface area contributed by atoms with Gasteiger partial charge >= 0.3 is 6.03 Å². The second-order valence-corrected chi connectivity index (χ2v) is 5.92. The number of imide groups is 1. The summed E-state index contributed by atoms with van der Waals surface area (Å²) in [6, 6.07) is 15.2. The van der Waals surface area contributed by atoms with Gasteiger partial charge in [0.25, 0.3) is 0 Å². The Morgan fingerprint density at radius 3 is 2.25 bits per heavy atom. The molecule has 0 unspecified atom stereocenters. The van der Waals surface area contributed by atoms with E-state index in [2.05, 4.69) is 16.7 Å². The molecule has 0 atom stereocenters. The van der Waals surface area contributed by atoms with Gasteiger partial charge in [0, 0.05) is 19.3 Å². The number of nitrogens with one attached hydrogen (secondary N) is 2. The van der Waals surface area contributed by atoms with Crippen LogP contribution in [0.2, 0.25) is 0 Å². The highest BCUT2D eigenvalue weighted by atomic mass is 16.2. The Bertz CT molecular complexity index is 694. The van der Waals surface area contributed by atoms with Gasteiger partial charge < -0.3 is 10.2 Å². The first kappa shape index (κ1) is 17.5. The van der Waals surface area contributed by atoms with E-state index < -0.39 is 6.03 Å². The van der Waals surface area contributed by atoms with E-state index in [9.17, 15) is 9.59 Å². The summed E-state index contributed by atoms with van der Waals surface area (Å²) in [5, 5.41) is 5.02. The summed E-state index contributed by atoms with van der Waals surface area (Å²) in [6.45, 7) is 4.53. The maximum absolute atomic E-state index is 12.0. The Morgan fingerprint density at radius 1 is 1.00 bits per heavy atom. The molecule has 5 nitrogen and oxygen atoms in total. The van der Waals surface area contributed by atoms with E-state index in [1.54, 1.807) is 0 Å². The summed E-state index contributed by atoms with van der Waals surface area (Å²) in [6.07, 6.45) is 0. The number of amides is 3. The Kier molecular flexibility index (Phi) is 5.95. The SMILES string of the molecule is Cc1cc(C)cc(N(C)CC(=O)NC(=O)NCc2ccccc2)c1. The van der Waals surface area contributed by atoms with Crippen LogP contribution in [0.25, 0.3) is 0 Å². The van der Waals surface area contributed by atoms with Crippen LogP contribution >= 0.6 is 0 Å². The van der Waals surface area contributed by atoms with Crippen molar-refractivity contribution in [2.75, 3.05) is 18.5 Å². The molecule has 0 bridgehead atoms. The summed E-state index contributed by atoms with van der Waals surface area (Å²) in [4.78, 5) is 25.6. The van der Waals surface area contributed by atoms with E-state index in [-0.39, 0.29) is 12.5 Å². The van der Waals surface area contributed by atoms with Gasteiger partial charge in [-0.25, -0.2) is 4.79 Å². The number of hydrogen-bond acceptors (Lipinski definition) is 3. The first-order chi connectivity index (χ1) is 11.4. The third kappa shape index (κ3) is 5.43. The number of rotatable bonds is 5. The number of nitrogens with zero attached hydrogens (tertiary/aromatic N) is 1. The van der Waals surface area contributed by atoms with Crippen LogP contribution in [-0.4, -0.2) is 25.5 Å². The lowest BCUT2D eigenvalue weighted by Crippen LogP contribution is -2.43. The summed E-state index contributed by atoms with van der Waals surface area (Å²) in [5.41, 5.74) is 4.20. The fourth-order valence-electron chi connectivity index (χ4n) is 2.47. The minimum atomic E-state index is -0.488. The first-order valence-electron chi connectivity index (χ1n) is 7.85. The van der Waals surface area contributed by atoms with Gasteiger partial charge in [-0.3, -0.25) is 10.1 Å². The predicted molar refractivity (Wildman–Crippen MR) is 96.0 cm³/mol. The third-order valence-corrected chi connectivity index (χ3v) is 3.58. The average Bonchev–Trinajstić information content (AvgIpc) is 2.53. The molecule has 3 amide bonds. The lowest BCUT2D eigenvalue weighted by atomic mass is 10.1. The average molecular weight is 325 g/mol. The number of hydrogen-bond donors (Lipinski definition) is 2. The zero-order valence-electron chi connectivity index (χ0n) is 14.3. The summed E-state index contributed by atoms with van der Waals surface area (Å²) < 4.78 is 0. The molecule has 0 aromatic heterocycles. The maximum atomic E-state index is 12.0. The second kappa shape index (κ2) is 8.15. The fraction of sp³-hybridized carbons (Fsp3) is 0.263. The van der Waals surface area contributed by atoms with Crippen molar-refractivity contribution in [3.8, 4) is 0 Å². The molecule has 24 heavy (non-hydrogen) atoms. The van der Waals surface area contributed by atoms with Crippen LogP contribution < -0.4 is 15.5 Å². The number of carbonyl (C=O) groups is 2. The van der Waals surface area contributed by atoms with Crippen molar-refractivity contribution >= 4 is 17.6 Å². The molecule has 0 heterocycles. The van der Waals surface area contributed by atoms with Crippen molar-refractivity contribution in [1.29, 1.82) is 0 Å². The van der Waals surface area contributed by atoms with Crippen LogP contribution in [0.1, 0.15) is 16.7 Å². The lowest BCUT2D eigenvalue weighted by Gasteiger charge is -2.19. The molecule has 2 aromatic rings. The van der Waals surface area contributed by atoms with Crippen LogP contribution in [-0.2, 0) is 11.3 Å². The molecular formula is C19H23N3O2. The van der Waals surface area contributed by atoms with Gasteiger partial charge in [-0.2, -0.15) is 0 Å². The van der Waals surface area contributed by atoms with E-state index in [0.717, 1.165) is 22.4 Å². The van der Waals surface area contributed by atoms with E-state index in [0.29, 0.717) is 6.54 Å². The molecule has 0 saturated carbocycles. The van der Waals surface area contributed by atoms with E-state index >= 15 is 0 Å². The monoisotopic (exact) mass is 325 g/mol. The largest absolute Gasteiger partial charge is 0.365 e. The van der Waals surface area contributed by atoms with Crippen LogP contribution in [0.15, 0.2) is 48.5 Å². The molecular weight excluding hydrogens is 302 g/mol. The molecule has 5 heteroatoms. The molecule has 0 radical (unpaired) electrons. The summed E-state index contributed by atoms with van der Waals surface area (Å²) in [5.74, 6) is -0.345. The van der Waals surface area contributed by atoms with Crippen LogP contribution in [0.5, 0.6) is 0 Å². The number of anilines is 1. The molecule has 0 aliphatic rings. The molecule has 0 aliphatic carbocycles.